The van der Waals surface area contributed by atoms with Crippen LogP contribution in [0, 0.1) is 5.92 Å². The number of hydrogen-bond donors (Lipinski definition) is 1. The van der Waals surface area contributed by atoms with Crippen molar-refractivity contribution in [2.75, 3.05) is 18.4 Å². The Morgan fingerprint density at radius 1 is 1.12 bits per heavy atom. The number of carbonyl (C=O) groups is 1. The first-order valence-corrected chi connectivity index (χ1v) is 11.7. The van der Waals surface area contributed by atoms with Crippen LogP contribution in [0.3, 0.4) is 0 Å². The third-order valence-corrected chi connectivity index (χ3v) is 7.86. The topological polar surface area (TPSA) is 50.2 Å². The average Bonchev–Trinajstić information content (AvgIpc) is 3.13. The Bertz CT molecular complexity index is 1200. The van der Waals surface area contributed by atoms with Gasteiger partial charge >= 0.3 is 0 Å². The first-order valence-electron chi connectivity index (χ1n) is 11.3. The van der Waals surface area contributed by atoms with Gasteiger partial charge < -0.3 is 10.2 Å². The molecular formula is C26H27ClN4O. The largest absolute Gasteiger partial charge is 0.363 e. The Balaban J connectivity index is 1.29. The third kappa shape index (κ3) is 2.98. The van der Waals surface area contributed by atoms with Crippen molar-refractivity contribution < 1.29 is 4.79 Å². The van der Waals surface area contributed by atoms with Gasteiger partial charge in [-0.25, -0.2) is 4.68 Å². The lowest BCUT2D eigenvalue weighted by molar-refractivity contribution is 0.0772. The van der Waals surface area contributed by atoms with Gasteiger partial charge in [-0.2, -0.15) is 5.10 Å². The summed E-state index contributed by atoms with van der Waals surface area (Å²) in [5, 5.41) is 9.03. The minimum atomic E-state index is -0.186. The van der Waals surface area contributed by atoms with Crippen LogP contribution in [0.1, 0.15) is 54.2 Å². The summed E-state index contributed by atoms with van der Waals surface area (Å²) in [5.41, 5.74) is 3.03. The summed E-state index contributed by atoms with van der Waals surface area (Å²) >= 11 is 6.25. The molecule has 3 aromatic rings. The number of piperidine rings is 1. The first kappa shape index (κ1) is 19.9. The van der Waals surface area contributed by atoms with Gasteiger partial charge in [0.1, 0.15) is 11.4 Å². The highest BCUT2D eigenvalue weighted by atomic mass is 35.5. The average molecular weight is 447 g/mol. The summed E-state index contributed by atoms with van der Waals surface area (Å²) in [4.78, 5) is 15.7. The van der Waals surface area contributed by atoms with E-state index in [-0.39, 0.29) is 22.9 Å². The molecule has 0 bridgehead atoms. The lowest BCUT2D eigenvalue weighted by Crippen LogP contribution is -2.39. The molecule has 6 heteroatoms. The zero-order valence-corrected chi connectivity index (χ0v) is 19.1. The molecule has 2 unspecified atom stereocenters. The molecule has 0 spiro atoms. The van der Waals surface area contributed by atoms with Crippen LogP contribution in [0.4, 0.5) is 5.82 Å². The molecule has 0 radical (unpaired) electrons. The minimum absolute atomic E-state index is 0.0626. The Kier molecular flexibility index (Phi) is 4.25. The molecule has 1 aromatic heterocycles. The van der Waals surface area contributed by atoms with Gasteiger partial charge in [0.2, 0.25) is 0 Å². The number of nitrogens with one attached hydrogen (secondary N) is 1. The standard InChI is InChI=1S/C26H27ClN4O/c1-25(2)13-22(17-7-4-3-5-8-17)29-23-21(14-28-31(23)25)24(32)30-15-19-12-26(19,16-30)18-9-6-10-20(27)11-18/h3-11,14,19,22,29H,12-13,15-16H2,1-2H3/t19?,22-,26?/m1/s1. The SMILES string of the molecule is CC1(C)C[C@H](c2ccccc2)Nc2c(C(=O)N3CC4CC4(c4cccc(Cl)c4)C3)cnn21. The van der Waals surface area contributed by atoms with E-state index in [1.54, 1.807) is 6.20 Å². The van der Waals surface area contributed by atoms with E-state index in [9.17, 15) is 4.79 Å². The molecule has 2 aliphatic heterocycles. The van der Waals surface area contributed by atoms with Gasteiger partial charge in [-0.1, -0.05) is 54.1 Å². The summed E-state index contributed by atoms with van der Waals surface area (Å²) in [6.45, 7) is 5.91. The molecule has 2 aromatic carbocycles. The summed E-state index contributed by atoms with van der Waals surface area (Å²) in [5.74, 6) is 1.41. The molecule has 1 saturated carbocycles. The molecule has 3 aliphatic rings. The van der Waals surface area contributed by atoms with Crippen molar-refractivity contribution in [2.45, 2.75) is 43.7 Å². The normalized spacial score (nSPS) is 27.4. The second-order valence-electron chi connectivity index (χ2n) is 10.2. The van der Waals surface area contributed by atoms with Crippen molar-refractivity contribution in [3.63, 3.8) is 0 Å². The van der Waals surface area contributed by atoms with Crippen molar-refractivity contribution >= 4 is 23.3 Å². The van der Waals surface area contributed by atoms with E-state index in [0.29, 0.717) is 11.5 Å². The Hall–Kier alpha value is -2.79. The molecule has 1 saturated heterocycles. The van der Waals surface area contributed by atoms with Gasteiger partial charge in [-0.05, 0) is 55.9 Å². The van der Waals surface area contributed by atoms with Crippen LogP contribution in [-0.2, 0) is 11.0 Å². The number of anilines is 1. The highest BCUT2D eigenvalue weighted by Crippen LogP contribution is 2.59. The molecule has 3 atom stereocenters. The summed E-state index contributed by atoms with van der Waals surface area (Å²) in [6, 6.07) is 18.7. The summed E-state index contributed by atoms with van der Waals surface area (Å²) in [7, 11) is 0. The van der Waals surface area contributed by atoms with Gasteiger partial charge in [-0.3, -0.25) is 4.79 Å². The zero-order valence-electron chi connectivity index (χ0n) is 18.4. The van der Waals surface area contributed by atoms with Gasteiger partial charge in [0, 0.05) is 23.5 Å². The predicted octanol–water partition coefficient (Wildman–Crippen LogP) is 5.24. The van der Waals surface area contributed by atoms with Crippen LogP contribution in [0.5, 0.6) is 0 Å². The van der Waals surface area contributed by atoms with Gasteiger partial charge in [0.05, 0.1) is 17.8 Å². The fraction of sp³-hybridized carbons (Fsp3) is 0.385. The lowest BCUT2D eigenvalue weighted by atomic mass is 9.89. The monoisotopic (exact) mass is 446 g/mol. The van der Waals surface area contributed by atoms with E-state index < -0.39 is 0 Å². The first-order chi connectivity index (χ1) is 15.4. The van der Waals surface area contributed by atoms with E-state index >= 15 is 0 Å². The van der Waals surface area contributed by atoms with E-state index in [0.717, 1.165) is 36.8 Å². The van der Waals surface area contributed by atoms with Crippen LogP contribution < -0.4 is 5.32 Å². The van der Waals surface area contributed by atoms with E-state index in [4.69, 9.17) is 11.6 Å². The molecule has 2 fully saturated rings. The fourth-order valence-electron chi connectivity index (χ4n) is 5.84. The second-order valence-corrected chi connectivity index (χ2v) is 10.6. The molecule has 5 nitrogen and oxygen atoms in total. The lowest BCUT2D eigenvalue weighted by Gasteiger charge is -2.38. The summed E-state index contributed by atoms with van der Waals surface area (Å²) in [6.07, 6.45) is 3.78. The van der Waals surface area contributed by atoms with E-state index in [1.807, 2.05) is 27.8 Å². The predicted molar refractivity (Wildman–Crippen MR) is 126 cm³/mol. The number of aromatic nitrogens is 2. The highest BCUT2D eigenvalue weighted by Gasteiger charge is 2.61. The molecule has 1 aliphatic carbocycles. The number of halogens is 1. The van der Waals surface area contributed by atoms with Crippen LogP contribution in [0.15, 0.2) is 60.8 Å². The molecule has 6 rings (SSSR count). The quantitative estimate of drug-likeness (QED) is 0.598. The van der Waals surface area contributed by atoms with E-state index in [1.165, 1.54) is 11.1 Å². The van der Waals surface area contributed by atoms with Crippen molar-refractivity contribution in [1.82, 2.24) is 14.7 Å². The number of hydrogen-bond acceptors (Lipinski definition) is 3. The van der Waals surface area contributed by atoms with Gasteiger partial charge in [0.25, 0.3) is 5.91 Å². The number of benzene rings is 2. The molecule has 3 heterocycles. The minimum Gasteiger partial charge on any atom is -0.363 e. The molecule has 1 amide bonds. The van der Waals surface area contributed by atoms with Crippen molar-refractivity contribution in [3.8, 4) is 0 Å². The van der Waals surface area contributed by atoms with E-state index in [2.05, 4.69) is 60.7 Å². The van der Waals surface area contributed by atoms with Gasteiger partial charge in [0.15, 0.2) is 0 Å². The number of nitrogens with zero attached hydrogens (tertiary/aromatic N) is 3. The highest BCUT2D eigenvalue weighted by molar-refractivity contribution is 6.30. The number of rotatable bonds is 3. The second kappa shape index (κ2) is 6.85. The Labute approximate surface area is 193 Å². The zero-order chi connectivity index (χ0) is 22.1. The number of fused-ring (bicyclic) bond motifs is 2. The maximum absolute atomic E-state index is 13.6. The maximum Gasteiger partial charge on any atom is 0.259 e. The van der Waals surface area contributed by atoms with Crippen LogP contribution in [0.2, 0.25) is 5.02 Å². The van der Waals surface area contributed by atoms with Crippen LogP contribution in [0.25, 0.3) is 0 Å². The molecule has 32 heavy (non-hydrogen) atoms. The number of carbonyl (C=O) groups excluding carboxylic acids is 1. The van der Waals surface area contributed by atoms with Crippen LogP contribution >= 0.6 is 11.6 Å². The van der Waals surface area contributed by atoms with Crippen LogP contribution in [-0.4, -0.2) is 33.7 Å². The molecule has 1 N–H and O–H groups in total. The number of amides is 1. The number of likely N-dealkylation sites (tertiary alicyclic amines) is 1. The third-order valence-electron chi connectivity index (χ3n) is 7.62. The van der Waals surface area contributed by atoms with Crippen molar-refractivity contribution in [2.24, 2.45) is 5.92 Å². The Morgan fingerprint density at radius 2 is 1.94 bits per heavy atom. The maximum atomic E-state index is 13.6. The van der Waals surface area contributed by atoms with Crippen molar-refractivity contribution in [3.05, 3.63) is 82.5 Å². The fourth-order valence-corrected chi connectivity index (χ4v) is 6.03. The summed E-state index contributed by atoms with van der Waals surface area (Å²) < 4.78 is 1.99. The molecular weight excluding hydrogens is 420 g/mol. The Morgan fingerprint density at radius 3 is 2.72 bits per heavy atom. The molecule has 164 valence electrons. The smallest absolute Gasteiger partial charge is 0.259 e. The van der Waals surface area contributed by atoms with Gasteiger partial charge in [-0.15, -0.1) is 0 Å². The van der Waals surface area contributed by atoms with Crippen molar-refractivity contribution in [1.29, 1.82) is 0 Å².